The number of nitriles is 1. The first kappa shape index (κ1) is 11.2. The Bertz CT molecular complexity index is 568. The maximum absolute atomic E-state index is 8.76. The number of rotatable bonds is 2. The zero-order chi connectivity index (χ0) is 12.3. The third-order valence-electron chi connectivity index (χ3n) is 2.60. The van der Waals surface area contributed by atoms with E-state index in [0.29, 0.717) is 5.69 Å². The predicted octanol–water partition coefficient (Wildman–Crippen LogP) is 2.94. The maximum atomic E-state index is 8.76. The molecule has 0 saturated heterocycles. The first-order valence-corrected chi connectivity index (χ1v) is 5.27. The molecule has 0 atom stereocenters. The minimum atomic E-state index is 0.444. The van der Waals surface area contributed by atoms with E-state index in [1.807, 2.05) is 43.3 Å². The Balaban J connectivity index is 2.42. The number of aromatic nitrogens is 1. The summed E-state index contributed by atoms with van der Waals surface area (Å²) in [4.78, 5) is 4.22. The molecule has 0 unspecified atom stereocenters. The number of pyridine rings is 1. The van der Waals surface area contributed by atoms with E-state index in [4.69, 9.17) is 10.00 Å². The van der Waals surface area contributed by atoms with Gasteiger partial charge in [0.1, 0.15) is 17.5 Å². The molecular formula is C14H12N2O. The largest absolute Gasteiger partial charge is 0.497 e. The van der Waals surface area contributed by atoms with Crippen molar-refractivity contribution in [3.05, 3.63) is 47.8 Å². The van der Waals surface area contributed by atoms with E-state index in [1.165, 1.54) is 0 Å². The highest BCUT2D eigenvalue weighted by atomic mass is 16.5. The van der Waals surface area contributed by atoms with Crippen LogP contribution in [0.15, 0.2) is 36.4 Å². The summed E-state index contributed by atoms with van der Waals surface area (Å²) in [6, 6.07) is 13.5. The van der Waals surface area contributed by atoms with Crippen LogP contribution in [0.5, 0.6) is 5.75 Å². The molecule has 0 aliphatic heterocycles. The SMILES string of the molecule is COc1ccc(-c2ccc(C#N)nc2C)cc1. The lowest BCUT2D eigenvalue weighted by atomic mass is 10.0. The topological polar surface area (TPSA) is 45.9 Å². The fourth-order valence-corrected chi connectivity index (χ4v) is 1.70. The summed E-state index contributed by atoms with van der Waals surface area (Å²) < 4.78 is 5.11. The van der Waals surface area contributed by atoms with Gasteiger partial charge in [-0.3, -0.25) is 0 Å². The lowest BCUT2D eigenvalue weighted by molar-refractivity contribution is 0.415. The molecule has 2 rings (SSSR count). The van der Waals surface area contributed by atoms with Crippen molar-refractivity contribution >= 4 is 0 Å². The van der Waals surface area contributed by atoms with Crippen molar-refractivity contribution in [1.82, 2.24) is 4.98 Å². The van der Waals surface area contributed by atoms with Crippen LogP contribution in [0.1, 0.15) is 11.4 Å². The van der Waals surface area contributed by atoms with Gasteiger partial charge in [0.2, 0.25) is 0 Å². The van der Waals surface area contributed by atoms with Crippen molar-refractivity contribution in [1.29, 1.82) is 5.26 Å². The Morgan fingerprint density at radius 2 is 1.82 bits per heavy atom. The summed E-state index contributed by atoms with van der Waals surface area (Å²) in [6.07, 6.45) is 0. The number of ether oxygens (including phenoxy) is 1. The van der Waals surface area contributed by atoms with Gasteiger partial charge in [-0.1, -0.05) is 12.1 Å². The van der Waals surface area contributed by atoms with Gasteiger partial charge >= 0.3 is 0 Å². The minimum Gasteiger partial charge on any atom is -0.497 e. The Hall–Kier alpha value is -2.34. The second-order valence-corrected chi connectivity index (χ2v) is 3.67. The van der Waals surface area contributed by atoms with Crippen molar-refractivity contribution in [2.24, 2.45) is 0 Å². The highest BCUT2D eigenvalue weighted by molar-refractivity contribution is 5.66. The highest BCUT2D eigenvalue weighted by Crippen LogP contribution is 2.24. The summed E-state index contributed by atoms with van der Waals surface area (Å²) in [5.74, 6) is 0.827. The molecule has 2 aromatic rings. The van der Waals surface area contributed by atoms with Crippen molar-refractivity contribution in [3.63, 3.8) is 0 Å². The Morgan fingerprint density at radius 1 is 1.12 bits per heavy atom. The second-order valence-electron chi connectivity index (χ2n) is 3.67. The van der Waals surface area contributed by atoms with Gasteiger partial charge in [0, 0.05) is 11.3 Å². The average molecular weight is 224 g/mol. The molecule has 0 N–H and O–H groups in total. The molecule has 1 heterocycles. The van der Waals surface area contributed by atoms with Crippen LogP contribution in [0.3, 0.4) is 0 Å². The smallest absolute Gasteiger partial charge is 0.140 e. The number of benzene rings is 1. The van der Waals surface area contributed by atoms with Crippen molar-refractivity contribution < 1.29 is 4.74 Å². The Labute approximate surface area is 100 Å². The van der Waals surface area contributed by atoms with Crippen LogP contribution >= 0.6 is 0 Å². The summed E-state index contributed by atoms with van der Waals surface area (Å²) in [5.41, 5.74) is 3.40. The van der Waals surface area contributed by atoms with Crippen molar-refractivity contribution in [3.8, 4) is 22.9 Å². The molecule has 0 spiro atoms. The van der Waals surface area contributed by atoms with E-state index in [0.717, 1.165) is 22.6 Å². The Morgan fingerprint density at radius 3 is 2.35 bits per heavy atom. The first-order chi connectivity index (χ1) is 8.24. The fraction of sp³-hybridized carbons (Fsp3) is 0.143. The molecule has 0 aliphatic carbocycles. The van der Waals surface area contributed by atoms with Crippen LogP contribution in [0.25, 0.3) is 11.1 Å². The highest BCUT2D eigenvalue weighted by Gasteiger charge is 2.04. The zero-order valence-electron chi connectivity index (χ0n) is 9.77. The van der Waals surface area contributed by atoms with Gasteiger partial charge in [-0.2, -0.15) is 5.26 Å². The van der Waals surface area contributed by atoms with E-state index in [-0.39, 0.29) is 0 Å². The predicted molar refractivity (Wildman–Crippen MR) is 65.7 cm³/mol. The molecule has 0 bridgehead atoms. The molecule has 0 radical (unpaired) electrons. The van der Waals surface area contributed by atoms with E-state index in [1.54, 1.807) is 13.2 Å². The van der Waals surface area contributed by atoms with Crippen molar-refractivity contribution in [2.75, 3.05) is 7.11 Å². The van der Waals surface area contributed by atoms with Gasteiger partial charge in [-0.05, 0) is 36.8 Å². The third-order valence-corrected chi connectivity index (χ3v) is 2.60. The molecule has 3 heteroatoms. The van der Waals surface area contributed by atoms with Crippen LogP contribution < -0.4 is 4.74 Å². The lowest BCUT2D eigenvalue weighted by Gasteiger charge is -2.06. The van der Waals surface area contributed by atoms with Crippen LogP contribution in [-0.4, -0.2) is 12.1 Å². The van der Waals surface area contributed by atoms with Crippen LogP contribution in [0.4, 0.5) is 0 Å². The Kier molecular flexibility index (Phi) is 3.06. The molecule has 17 heavy (non-hydrogen) atoms. The third kappa shape index (κ3) is 2.26. The molecule has 0 aliphatic rings. The summed E-state index contributed by atoms with van der Waals surface area (Å²) >= 11 is 0. The quantitative estimate of drug-likeness (QED) is 0.787. The number of methoxy groups -OCH3 is 1. The second kappa shape index (κ2) is 4.67. The summed E-state index contributed by atoms with van der Waals surface area (Å²) in [6.45, 7) is 1.90. The number of aryl methyl sites for hydroxylation is 1. The van der Waals surface area contributed by atoms with Crippen LogP contribution in [0, 0.1) is 18.3 Å². The molecule has 1 aromatic heterocycles. The monoisotopic (exact) mass is 224 g/mol. The van der Waals surface area contributed by atoms with Gasteiger partial charge in [0.05, 0.1) is 7.11 Å². The average Bonchev–Trinajstić information content (AvgIpc) is 2.39. The molecule has 3 nitrogen and oxygen atoms in total. The normalized spacial score (nSPS) is 9.71. The van der Waals surface area contributed by atoms with Gasteiger partial charge in [-0.15, -0.1) is 0 Å². The van der Waals surface area contributed by atoms with Gasteiger partial charge < -0.3 is 4.74 Å². The van der Waals surface area contributed by atoms with E-state index >= 15 is 0 Å². The number of hydrogen-bond acceptors (Lipinski definition) is 3. The zero-order valence-corrected chi connectivity index (χ0v) is 9.77. The molecular weight excluding hydrogens is 212 g/mol. The minimum absolute atomic E-state index is 0.444. The number of hydrogen-bond donors (Lipinski definition) is 0. The van der Waals surface area contributed by atoms with Crippen molar-refractivity contribution in [2.45, 2.75) is 6.92 Å². The molecule has 84 valence electrons. The van der Waals surface area contributed by atoms with E-state index in [9.17, 15) is 0 Å². The molecule has 1 aromatic carbocycles. The standard InChI is InChI=1S/C14H12N2O/c1-10-14(8-5-12(9-15)16-10)11-3-6-13(17-2)7-4-11/h3-8H,1-2H3. The summed E-state index contributed by atoms with van der Waals surface area (Å²) in [5, 5.41) is 8.76. The van der Waals surface area contributed by atoms with Gasteiger partial charge in [0.15, 0.2) is 0 Å². The fourth-order valence-electron chi connectivity index (χ4n) is 1.70. The van der Waals surface area contributed by atoms with Gasteiger partial charge in [0.25, 0.3) is 0 Å². The van der Waals surface area contributed by atoms with E-state index in [2.05, 4.69) is 4.98 Å². The molecule has 0 saturated carbocycles. The van der Waals surface area contributed by atoms with Crippen LogP contribution in [-0.2, 0) is 0 Å². The van der Waals surface area contributed by atoms with Crippen LogP contribution in [0.2, 0.25) is 0 Å². The molecule has 0 fully saturated rings. The first-order valence-electron chi connectivity index (χ1n) is 5.27. The molecule has 0 amide bonds. The summed E-state index contributed by atoms with van der Waals surface area (Å²) in [7, 11) is 1.64. The van der Waals surface area contributed by atoms with Gasteiger partial charge in [-0.25, -0.2) is 4.98 Å². The lowest BCUT2D eigenvalue weighted by Crippen LogP contribution is -1.91. The van der Waals surface area contributed by atoms with E-state index < -0.39 is 0 Å². The number of nitrogens with zero attached hydrogens (tertiary/aromatic N) is 2. The maximum Gasteiger partial charge on any atom is 0.140 e.